The van der Waals surface area contributed by atoms with Crippen molar-refractivity contribution in [2.24, 2.45) is 11.7 Å². The minimum absolute atomic E-state index is 0.148. The van der Waals surface area contributed by atoms with Crippen LogP contribution in [0.15, 0.2) is 36.5 Å². The highest BCUT2D eigenvalue weighted by Crippen LogP contribution is 2.20. The zero-order chi connectivity index (χ0) is 15.2. The van der Waals surface area contributed by atoms with E-state index in [9.17, 15) is 4.79 Å². The van der Waals surface area contributed by atoms with Gasteiger partial charge in [0.05, 0.1) is 12.1 Å². The molecule has 2 N–H and O–H groups in total. The van der Waals surface area contributed by atoms with Gasteiger partial charge in [0.25, 0.3) is 0 Å². The Balaban J connectivity index is 2.22. The molecule has 0 unspecified atom stereocenters. The first-order chi connectivity index (χ1) is 10.1. The third kappa shape index (κ3) is 4.11. The van der Waals surface area contributed by atoms with Crippen LogP contribution in [-0.2, 0) is 6.42 Å². The minimum Gasteiger partial charge on any atom is -0.425 e. The number of ether oxygens (including phenoxy) is 1. The van der Waals surface area contributed by atoms with Crippen LogP contribution in [0.1, 0.15) is 19.5 Å². The lowest BCUT2D eigenvalue weighted by Gasteiger charge is -2.04. The van der Waals surface area contributed by atoms with E-state index in [1.54, 1.807) is 18.3 Å². The molecule has 0 spiro atoms. The van der Waals surface area contributed by atoms with Crippen LogP contribution in [0.3, 0.4) is 0 Å². The molecule has 0 saturated carbocycles. The van der Waals surface area contributed by atoms with Gasteiger partial charge in [-0.2, -0.15) is 4.98 Å². The lowest BCUT2D eigenvalue weighted by molar-refractivity contribution is 0.247. The van der Waals surface area contributed by atoms with Crippen molar-refractivity contribution in [3.63, 3.8) is 0 Å². The van der Waals surface area contributed by atoms with Crippen LogP contribution >= 0.6 is 0 Å². The molecular formula is C16H17N3O2. The first-order valence-corrected chi connectivity index (χ1v) is 6.65. The van der Waals surface area contributed by atoms with Crippen molar-refractivity contribution < 1.29 is 9.53 Å². The summed E-state index contributed by atoms with van der Waals surface area (Å²) in [5.41, 5.74) is 5.97. The first kappa shape index (κ1) is 14.7. The molecule has 0 bridgehead atoms. The number of imidazole rings is 1. The van der Waals surface area contributed by atoms with Crippen molar-refractivity contribution in [1.82, 2.24) is 9.55 Å². The summed E-state index contributed by atoms with van der Waals surface area (Å²) in [4.78, 5) is 15.7. The topological polar surface area (TPSA) is 70.1 Å². The summed E-state index contributed by atoms with van der Waals surface area (Å²) in [6, 6.07) is 8.60. The molecular weight excluding hydrogens is 266 g/mol. The number of carbonyl (C=O) groups excluding carboxylic acids is 1. The summed E-state index contributed by atoms with van der Waals surface area (Å²) in [6.07, 6.45) is 2.00. The van der Waals surface area contributed by atoms with E-state index in [0.717, 1.165) is 0 Å². The molecule has 0 radical (unpaired) electrons. The second-order valence-corrected chi connectivity index (χ2v) is 4.79. The maximum Gasteiger partial charge on any atom is 0.327 e. The summed E-state index contributed by atoms with van der Waals surface area (Å²) in [5.74, 6) is 6.94. The van der Waals surface area contributed by atoms with Gasteiger partial charge in [0.15, 0.2) is 0 Å². The number of nitrogens with zero attached hydrogens (tertiary/aromatic N) is 2. The van der Waals surface area contributed by atoms with Gasteiger partial charge in [-0.15, -0.1) is 5.92 Å². The van der Waals surface area contributed by atoms with Gasteiger partial charge in [-0.1, -0.05) is 38.0 Å². The Labute approximate surface area is 123 Å². The van der Waals surface area contributed by atoms with Crippen LogP contribution in [0.5, 0.6) is 11.8 Å². The summed E-state index contributed by atoms with van der Waals surface area (Å²) < 4.78 is 6.76. The maximum absolute atomic E-state index is 11.4. The fourth-order valence-electron chi connectivity index (χ4n) is 1.66. The molecule has 108 valence electrons. The van der Waals surface area contributed by atoms with Gasteiger partial charge in [0.1, 0.15) is 5.75 Å². The first-order valence-electron chi connectivity index (χ1n) is 6.65. The largest absolute Gasteiger partial charge is 0.425 e. The number of para-hydroxylation sites is 1. The fraction of sp³-hybridized carbons (Fsp3) is 0.250. The molecule has 0 fully saturated rings. The summed E-state index contributed by atoms with van der Waals surface area (Å²) >= 11 is 0. The SMILES string of the molecule is CC(C)C#CCc1cn(C(N)=O)c(Oc2ccccc2)n1. The highest BCUT2D eigenvalue weighted by atomic mass is 16.5. The number of carbonyl (C=O) groups is 1. The third-order valence-electron chi connectivity index (χ3n) is 2.57. The zero-order valence-electron chi connectivity index (χ0n) is 12.0. The van der Waals surface area contributed by atoms with E-state index >= 15 is 0 Å². The Morgan fingerprint density at radius 3 is 2.71 bits per heavy atom. The average Bonchev–Trinajstić information content (AvgIpc) is 2.82. The highest BCUT2D eigenvalue weighted by molar-refractivity contribution is 5.76. The van der Waals surface area contributed by atoms with E-state index in [1.165, 1.54) is 4.57 Å². The number of benzene rings is 1. The molecule has 1 aromatic carbocycles. The van der Waals surface area contributed by atoms with E-state index in [1.807, 2.05) is 32.0 Å². The van der Waals surface area contributed by atoms with Crippen molar-refractivity contribution in [2.45, 2.75) is 20.3 Å². The van der Waals surface area contributed by atoms with Crippen molar-refractivity contribution >= 4 is 6.03 Å². The smallest absolute Gasteiger partial charge is 0.327 e. The number of rotatable bonds is 3. The standard InChI is InChI=1S/C16H17N3O2/c1-12(2)7-6-8-13-11-19(15(17)20)16(18-13)21-14-9-4-3-5-10-14/h3-5,9-12H,8H2,1-2H3,(H2,17,20). The van der Waals surface area contributed by atoms with Crippen LogP contribution < -0.4 is 10.5 Å². The van der Waals surface area contributed by atoms with Crippen LogP contribution in [0.25, 0.3) is 0 Å². The third-order valence-corrected chi connectivity index (χ3v) is 2.57. The van der Waals surface area contributed by atoms with Crippen LogP contribution in [0, 0.1) is 17.8 Å². The Kier molecular flexibility index (Phi) is 4.62. The predicted molar refractivity (Wildman–Crippen MR) is 80.0 cm³/mol. The lowest BCUT2D eigenvalue weighted by Crippen LogP contribution is -2.19. The van der Waals surface area contributed by atoms with E-state index < -0.39 is 6.03 Å². The van der Waals surface area contributed by atoms with E-state index in [-0.39, 0.29) is 6.01 Å². The highest BCUT2D eigenvalue weighted by Gasteiger charge is 2.13. The number of amides is 1. The Hall–Kier alpha value is -2.74. The number of hydrogen-bond donors (Lipinski definition) is 1. The van der Waals surface area contributed by atoms with E-state index in [4.69, 9.17) is 10.5 Å². The number of hydrogen-bond acceptors (Lipinski definition) is 3. The quantitative estimate of drug-likeness (QED) is 0.880. The second-order valence-electron chi connectivity index (χ2n) is 4.79. The fourth-order valence-corrected chi connectivity index (χ4v) is 1.66. The van der Waals surface area contributed by atoms with Gasteiger partial charge in [-0.25, -0.2) is 9.36 Å². The Bertz CT molecular complexity index is 679. The molecule has 1 heterocycles. The molecule has 21 heavy (non-hydrogen) atoms. The van der Waals surface area contributed by atoms with Crippen LogP contribution in [0.4, 0.5) is 4.79 Å². The lowest BCUT2D eigenvalue weighted by atomic mass is 10.2. The van der Waals surface area contributed by atoms with Gasteiger partial charge in [0.2, 0.25) is 0 Å². The molecule has 2 aromatic rings. The number of primary amides is 1. The predicted octanol–water partition coefficient (Wildman–Crippen LogP) is 2.80. The molecule has 2 rings (SSSR count). The molecule has 0 aliphatic heterocycles. The minimum atomic E-state index is -0.642. The molecule has 0 saturated heterocycles. The Morgan fingerprint density at radius 2 is 2.10 bits per heavy atom. The van der Waals surface area contributed by atoms with Gasteiger partial charge in [0, 0.05) is 12.1 Å². The van der Waals surface area contributed by atoms with E-state index in [2.05, 4.69) is 16.8 Å². The molecule has 1 aromatic heterocycles. The van der Waals surface area contributed by atoms with Crippen LogP contribution in [-0.4, -0.2) is 15.6 Å². The van der Waals surface area contributed by atoms with Crippen LogP contribution in [0.2, 0.25) is 0 Å². The number of aromatic nitrogens is 2. The molecule has 0 aliphatic carbocycles. The molecule has 0 aliphatic rings. The van der Waals surface area contributed by atoms with Crippen molar-refractivity contribution in [3.05, 3.63) is 42.2 Å². The normalized spacial score (nSPS) is 10.0. The second kappa shape index (κ2) is 6.62. The van der Waals surface area contributed by atoms with E-state index in [0.29, 0.717) is 23.8 Å². The number of nitrogens with two attached hydrogens (primary N) is 1. The molecule has 1 amide bonds. The monoisotopic (exact) mass is 283 g/mol. The van der Waals surface area contributed by atoms with Crippen molar-refractivity contribution in [1.29, 1.82) is 0 Å². The zero-order valence-corrected chi connectivity index (χ0v) is 12.0. The summed E-state index contributed by atoms with van der Waals surface area (Å²) in [5, 5.41) is 0. The van der Waals surface area contributed by atoms with Crippen molar-refractivity contribution in [2.75, 3.05) is 0 Å². The van der Waals surface area contributed by atoms with Gasteiger partial charge in [-0.05, 0) is 12.1 Å². The maximum atomic E-state index is 11.4. The summed E-state index contributed by atoms with van der Waals surface area (Å²) in [6.45, 7) is 4.03. The molecule has 0 atom stereocenters. The summed E-state index contributed by atoms with van der Waals surface area (Å²) in [7, 11) is 0. The van der Waals surface area contributed by atoms with Crippen molar-refractivity contribution in [3.8, 4) is 23.6 Å². The van der Waals surface area contributed by atoms with Gasteiger partial charge < -0.3 is 10.5 Å². The Morgan fingerprint density at radius 1 is 1.38 bits per heavy atom. The average molecular weight is 283 g/mol. The molecule has 5 heteroatoms. The molecule has 5 nitrogen and oxygen atoms in total. The van der Waals surface area contributed by atoms with Gasteiger partial charge >= 0.3 is 12.0 Å². The van der Waals surface area contributed by atoms with Gasteiger partial charge in [-0.3, -0.25) is 0 Å².